The fourth-order valence-corrected chi connectivity index (χ4v) is 3.30. The van der Waals surface area contributed by atoms with Gasteiger partial charge < -0.3 is 10.2 Å². The number of hydrogen-bond donors (Lipinski definition) is 1. The Morgan fingerprint density at radius 1 is 1.45 bits per heavy atom. The number of benzene rings is 1. The molecule has 0 aromatic heterocycles. The molecular formula is C14H18FN3O2. The summed E-state index contributed by atoms with van der Waals surface area (Å²) >= 11 is 0. The summed E-state index contributed by atoms with van der Waals surface area (Å²) in [6.45, 7) is 4.23. The van der Waals surface area contributed by atoms with Crippen molar-refractivity contribution in [3.8, 4) is 0 Å². The van der Waals surface area contributed by atoms with E-state index in [9.17, 15) is 14.5 Å². The van der Waals surface area contributed by atoms with Gasteiger partial charge in [0.2, 0.25) is 0 Å². The average molecular weight is 279 g/mol. The lowest BCUT2D eigenvalue weighted by Gasteiger charge is -2.24. The van der Waals surface area contributed by atoms with Gasteiger partial charge in [-0.15, -0.1) is 0 Å². The highest BCUT2D eigenvalue weighted by molar-refractivity contribution is 5.65. The van der Waals surface area contributed by atoms with E-state index >= 15 is 0 Å². The third-order valence-electron chi connectivity index (χ3n) is 4.39. The van der Waals surface area contributed by atoms with Gasteiger partial charge in [-0.25, -0.2) is 4.39 Å². The first-order chi connectivity index (χ1) is 9.56. The number of piperidine rings is 1. The van der Waals surface area contributed by atoms with Gasteiger partial charge in [0.15, 0.2) is 0 Å². The summed E-state index contributed by atoms with van der Waals surface area (Å²) in [5.74, 6) is 0.0175. The monoisotopic (exact) mass is 279 g/mol. The molecule has 2 heterocycles. The van der Waals surface area contributed by atoms with Crippen molar-refractivity contribution in [2.24, 2.45) is 5.92 Å². The van der Waals surface area contributed by atoms with Gasteiger partial charge in [-0.1, -0.05) is 0 Å². The molecule has 0 aliphatic carbocycles. The van der Waals surface area contributed by atoms with Gasteiger partial charge in [0.1, 0.15) is 11.5 Å². The van der Waals surface area contributed by atoms with Crippen LogP contribution in [0.5, 0.6) is 0 Å². The van der Waals surface area contributed by atoms with Crippen LogP contribution in [0.15, 0.2) is 12.1 Å². The van der Waals surface area contributed by atoms with E-state index in [2.05, 4.69) is 5.32 Å². The third-order valence-corrected chi connectivity index (χ3v) is 4.39. The molecule has 2 aliphatic heterocycles. The van der Waals surface area contributed by atoms with Crippen molar-refractivity contribution in [2.45, 2.75) is 25.8 Å². The number of nitrogens with zero attached hydrogens (tertiary/aromatic N) is 2. The topological polar surface area (TPSA) is 58.4 Å². The van der Waals surface area contributed by atoms with Crippen LogP contribution in [-0.4, -0.2) is 30.6 Å². The van der Waals surface area contributed by atoms with Crippen LogP contribution < -0.4 is 10.2 Å². The molecule has 2 saturated heterocycles. The van der Waals surface area contributed by atoms with E-state index in [1.165, 1.54) is 0 Å². The van der Waals surface area contributed by atoms with Gasteiger partial charge in [0.05, 0.1) is 11.0 Å². The van der Waals surface area contributed by atoms with E-state index in [-0.39, 0.29) is 5.69 Å². The number of nitro groups is 1. The number of nitro benzene ring substituents is 1. The normalized spacial score (nSPS) is 25.6. The smallest absolute Gasteiger partial charge is 0.295 e. The molecule has 1 aromatic rings. The Labute approximate surface area is 116 Å². The minimum Gasteiger partial charge on any atom is -0.364 e. The maximum absolute atomic E-state index is 13.6. The van der Waals surface area contributed by atoms with Crippen molar-refractivity contribution in [2.75, 3.05) is 24.5 Å². The molecule has 20 heavy (non-hydrogen) atoms. The van der Waals surface area contributed by atoms with Crippen LogP contribution in [-0.2, 0) is 0 Å². The van der Waals surface area contributed by atoms with Crippen molar-refractivity contribution in [1.29, 1.82) is 0 Å². The predicted octanol–water partition coefficient (Wildman–Crippen LogP) is 2.23. The Morgan fingerprint density at radius 3 is 2.95 bits per heavy atom. The molecule has 0 spiro atoms. The Kier molecular flexibility index (Phi) is 3.33. The van der Waals surface area contributed by atoms with E-state index in [4.69, 9.17) is 0 Å². The Bertz CT molecular complexity index is 535. The van der Waals surface area contributed by atoms with Crippen LogP contribution in [0.4, 0.5) is 15.8 Å². The van der Waals surface area contributed by atoms with Crippen molar-refractivity contribution < 1.29 is 9.31 Å². The van der Waals surface area contributed by atoms with Crippen LogP contribution in [0, 0.1) is 28.8 Å². The molecule has 108 valence electrons. The molecule has 1 aromatic carbocycles. The fraction of sp³-hybridized carbons (Fsp3) is 0.571. The number of nitrogens with one attached hydrogen (secondary N) is 1. The number of anilines is 1. The van der Waals surface area contributed by atoms with Crippen molar-refractivity contribution in [3.05, 3.63) is 33.6 Å². The lowest BCUT2D eigenvalue weighted by atomic mass is 9.94. The Balaban J connectivity index is 1.93. The molecule has 1 N–H and O–H groups in total. The maximum atomic E-state index is 13.6. The summed E-state index contributed by atoms with van der Waals surface area (Å²) in [4.78, 5) is 12.7. The quantitative estimate of drug-likeness (QED) is 0.666. The number of halogens is 1. The zero-order valence-corrected chi connectivity index (χ0v) is 11.4. The SMILES string of the molecule is Cc1cc(N2C[C@@H]3CCCN[C@@H]3C2)c([N+](=O)[O-])cc1F. The van der Waals surface area contributed by atoms with Gasteiger partial charge in [0.25, 0.3) is 5.69 Å². The van der Waals surface area contributed by atoms with Gasteiger partial charge in [0, 0.05) is 19.1 Å². The Morgan fingerprint density at radius 2 is 2.25 bits per heavy atom. The summed E-state index contributed by atoms with van der Waals surface area (Å²) in [5.41, 5.74) is 0.866. The van der Waals surface area contributed by atoms with E-state index in [1.807, 2.05) is 4.90 Å². The van der Waals surface area contributed by atoms with Gasteiger partial charge >= 0.3 is 0 Å². The molecule has 0 radical (unpaired) electrons. The van der Waals surface area contributed by atoms with E-state index < -0.39 is 10.7 Å². The lowest BCUT2D eigenvalue weighted by Crippen LogP contribution is -2.40. The zero-order chi connectivity index (χ0) is 14.3. The highest BCUT2D eigenvalue weighted by atomic mass is 19.1. The fourth-order valence-electron chi connectivity index (χ4n) is 3.30. The van der Waals surface area contributed by atoms with Crippen LogP contribution in [0.25, 0.3) is 0 Å². The summed E-state index contributed by atoms with van der Waals surface area (Å²) < 4.78 is 13.6. The minimum absolute atomic E-state index is 0.133. The first-order valence-corrected chi connectivity index (χ1v) is 6.99. The Hall–Kier alpha value is -1.69. The van der Waals surface area contributed by atoms with E-state index in [0.29, 0.717) is 23.2 Å². The molecule has 6 heteroatoms. The number of hydrogen-bond acceptors (Lipinski definition) is 4. The molecular weight excluding hydrogens is 261 g/mol. The molecule has 3 rings (SSSR count). The van der Waals surface area contributed by atoms with Crippen LogP contribution in [0.1, 0.15) is 18.4 Å². The largest absolute Gasteiger partial charge is 0.364 e. The van der Waals surface area contributed by atoms with Crippen molar-refractivity contribution in [1.82, 2.24) is 5.32 Å². The second-order valence-corrected chi connectivity index (χ2v) is 5.72. The highest BCUT2D eigenvalue weighted by Crippen LogP contribution is 2.36. The molecule has 2 atom stereocenters. The zero-order valence-electron chi connectivity index (χ0n) is 11.4. The van der Waals surface area contributed by atoms with Crippen LogP contribution >= 0.6 is 0 Å². The van der Waals surface area contributed by atoms with E-state index in [0.717, 1.165) is 38.5 Å². The summed E-state index contributed by atoms with van der Waals surface area (Å²) in [7, 11) is 0. The third kappa shape index (κ3) is 2.24. The number of fused-ring (bicyclic) bond motifs is 1. The lowest BCUT2D eigenvalue weighted by molar-refractivity contribution is -0.384. The molecule has 0 unspecified atom stereocenters. The minimum atomic E-state index is -0.518. The van der Waals surface area contributed by atoms with Crippen LogP contribution in [0.3, 0.4) is 0 Å². The maximum Gasteiger partial charge on any atom is 0.295 e. The van der Waals surface area contributed by atoms with Gasteiger partial charge in [-0.05, 0) is 43.9 Å². The van der Waals surface area contributed by atoms with E-state index in [1.54, 1.807) is 13.0 Å². The number of aryl methyl sites for hydroxylation is 1. The first kappa shape index (κ1) is 13.3. The number of rotatable bonds is 2. The standard InChI is InChI=1S/C14H18FN3O2/c1-9-5-13(14(18(19)20)6-11(9)15)17-7-10-3-2-4-16-12(10)8-17/h5-6,10,12,16H,2-4,7-8H2,1H3/t10-,12+/m0/s1. The average Bonchev–Trinajstić information content (AvgIpc) is 2.84. The van der Waals surface area contributed by atoms with Crippen LogP contribution in [0.2, 0.25) is 0 Å². The van der Waals surface area contributed by atoms with Gasteiger partial charge in [-0.2, -0.15) is 0 Å². The molecule has 0 bridgehead atoms. The van der Waals surface area contributed by atoms with Gasteiger partial charge in [-0.3, -0.25) is 10.1 Å². The predicted molar refractivity (Wildman–Crippen MR) is 74.5 cm³/mol. The summed E-state index contributed by atoms with van der Waals surface area (Å²) in [6, 6.07) is 3.04. The molecule has 0 amide bonds. The molecule has 2 aliphatic rings. The molecule has 0 saturated carbocycles. The second kappa shape index (κ2) is 5.01. The molecule has 5 nitrogen and oxygen atoms in total. The summed E-state index contributed by atoms with van der Waals surface area (Å²) in [5, 5.41) is 14.6. The summed E-state index contributed by atoms with van der Waals surface area (Å²) in [6.07, 6.45) is 2.31. The highest BCUT2D eigenvalue weighted by Gasteiger charge is 2.36. The second-order valence-electron chi connectivity index (χ2n) is 5.72. The first-order valence-electron chi connectivity index (χ1n) is 6.99. The van der Waals surface area contributed by atoms with Crippen molar-refractivity contribution >= 4 is 11.4 Å². The molecule has 2 fully saturated rings. The van der Waals surface area contributed by atoms with Crippen molar-refractivity contribution in [3.63, 3.8) is 0 Å².